The Morgan fingerprint density at radius 2 is 2.13 bits per heavy atom. The third-order valence-electron chi connectivity index (χ3n) is 4.89. The molecule has 2 aromatic rings. The molecule has 2 amide bonds. The van der Waals surface area contributed by atoms with E-state index in [0.29, 0.717) is 36.7 Å². The van der Waals surface area contributed by atoms with Gasteiger partial charge in [0.25, 0.3) is 0 Å². The summed E-state index contributed by atoms with van der Waals surface area (Å²) in [5.74, 6) is 0.329. The second kappa shape index (κ2) is 9.00. The van der Waals surface area contributed by atoms with Crippen LogP contribution in [-0.2, 0) is 21.5 Å². The van der Waals surface area contributed by atoms with E-state index in [4.69, 9.17) is 4.74 Å². The number of aromatic nitrogens is 3. The minimum atomic E-state index is -3.24. The first-order chi connectivity index (χ1) is 14.0. The molecule has 1 atom stereocenters. The fourth-order valence-electron chi connectivity index (χ4n) is 3.15. The number of hydrogen-bond donors (Lipinski definition) is 2. The van der Waals surface area contributed by atoms with Crippen LogP contribution in [0.4, 0.5) is 10.6 Å². The lowest BCUT2D eigenvalue weighted by Gasteiger charge is -2.15. The van der Waals surface area contributed by atoms with Gasteiger partial charge in [0.05, 0.1) is 12.5 Å². The van der Waals surface area contributed by atoms with Crippen LogP contribution < -0.4 is 10.6 Å². The molecule has 0 saturated carbocycles. The summed E-state index contributed by atoms with van der Waals surface area (Å²) in [5.41, 5.74) is 1.35. The van der Waals surface area contributed by atoms with Gasteiger partial charge in [-0.1, -0.05) is 19.6 Å². The molecule has 2 aromatic heterocycles. The highest BCUT2D eigenvalue weighted by atomic mass is 32.2. The van der Waals surface area contributed by atoms with Crippen LogP contribution >= 0.6 is 0 Å². The highest BCUT2D eigenvalue weighted by Gasteiger charge is 2.29. The van der Waals surface area contributed by atoms with Gasteiger partial charge in [0, 0.05) is 40.0 Å². The van der Waals surface area contributed by atoms with E-state index >= 15 is 0 Å². The third-order valence-corrected chi connectivity index (χ3v) is 7.86. The SMILES string of the molecule is C[Si](C)(C)CCOCn1ccc2nc(NC(=O)N[C@@H]3CCN(S(C)(=O)=O)C3)cnc21. The molecular formula is C18H30N6O4SSi. The van der Waals surface area contributed by atoms with Crippen LogP contribution in [-0.4, -0.2) is 73.4 Å². The molecule has 1 aliphatic heterocycles. The summed E-state index contributed by atoms with van der Waals surface area (Å²) in [4.78, 5) is 21.1. The minimum Gasteiger partial charge on any atom is -0.361 e. The largest absolute Gasteiger partial charge is 0.361 e. The van der Waals surface area contributed by atoms with Crippen molar-refractivity contribution in [1.29, 1.82) is 0 Å². The van der Waals surface area contributed by atoms with E-state index in [1.165, 1.54) is 16.8 Å². The number of ether oxygens (including phenoxy) is 1. The number of anilines is 1. The normalized spacial score (nSPS) is 18.1. The second-order valence-corrected chi connectivity index (χ2v) is 16.4. The maximum absolute atomic E-state index is 12.2. The summed E-state index contributed by atoms with van der Waals surface area (Å²) in [5, 5.41) is 5.45. The number of nitrogens with one attached hydrogen (secondary N) is 2. The second-order valence-electron chi connectivity index (χ2n) is 8.80. The summed E-state index contributed by atoms with van der Waals surface area (Å²) in [6, 6.07) is 2.27. The smallest absolute Gasteiger partial charge is 0.320 e. The van der Waals surface area contributed by atoms with Gasteiger partial charge in [-0.2, -0.15) is 0 Å². The number of sulfonamides is 1. The average molecular weight is 455 g/mol. The molecule has 10 nitrogen and oxygen atoms in total. The molecule has 0 spiro atoms. The lowest BCUT2D eigenvalue weighted by Crippen LogP contribution is -2.40. The minimum absolute atomic E-state index is 0.231. The van der Waals surface area contributed by atoms with E-state index in [1.807, 2.05) is 16.8 Å². The molecule has 3 heterocycles. The zero-order valence-corrected chi connectivity index (χ0v) is 19.7. The lowest BCUT2D eigenvalue weighted by atomic mass is 10.3. The van der Waals surface area contributed by atoms with Crippen molar-refractivity contribution in [2.45, 2.75) is 44.9 Å². The Labute approximate surface area is 178 Å². The van der Waals surface area contributed by atoms with Crippen LogP contribution in [0.5, 0.6) is 0 Å². The predicted molar refractivity (Wildman–Crippen MR) is 119 cm³/mol. The van der Waals surface area contributed by atoms with Crippen LogP contribution in [0.3, 0.4) is 0 Å². The van der Waals surface area contributed by atoms with Crippen molar-refractivity contribution in [3.05, 3.63) is 18.5 Å². The van der Waals surface area contributed by atoms with Crippen LogP contribution in [0.2, 0.25) is 25.7 Å². The molecule has 166 valence electrons. The first-order valence-electron chi connectivity index (χ1n) is 9.93. The van der Waals surface area contributed by atoms with Crippen molar-refractivity contribution >= 4 is 41.1 Å². The summed E-state index contributed by atoms with van der Waals surface area (Å²) in [6.07, 6.45) is 5.11. The maximum Gasteiger partial charge on any atom is 0.320 e. The van der Waals surface area contributed by atoms with Gasteiger partial charge in [-0.15, -0.1) is 0 Å². The molecular weight excluding hydrogens is 424 g/mol. The number of carbonyl (C=O) groups excluding carboxylic acids is 1. The molecule has 0 radical (unpaired) electrons. The molecule has 0 aliphatic carbocycles. The molecule has 0 bridgehead atoms. The average Bonchev–Trinajstić information content (AvgIpc) is 3.24. The van der Waals surface area contributed by atoms with E-state index < -0.39 is 24.1 Å². The number of hydrogen-bond acceptors (Lipinski definition) is 6. The van der Waals surface area contributed by atoms with E-state index in [-0.39, 0.29) is 12.6 Å². The Kier molecular flexibility index (Phi) is 6.80. The van der Waals surface area contributed by atoms with E-state index in [0.717, 1.165) is 12.7 Å². The number of amides is 2. The first kappa shape index (κ1) is 22.7. The van der Waals surface area contributed by atoms with Crippen LogP contribution in [0.25, 0.3) is 11.2 Å². The number of rotatable bonds is 8. The van der Waals surface area contributed by atoms with Gasteiger partial charge in [0.1, 0.15) is 12.2 Å². The zero-order chi connectivity index (χ0) is 21.9. The molecule has 0 unspecified atom stereocenters. The Morgan fingerprint density at radius 3 is 2.80 bits per heavy atom. The van der Waals surface area contributed by atoms with Crippen molar-refractivity contribution in [1.82, 2.24) is 24.2 Å². The van der Waals surface area contributed by atoms with Crippen LogP contribution in [0.1, 0.15) is 6.42 Å². The highest BCUT2D eigenvalue weighted by molar-refractivity contribution is 7.88. The standard InChI is InChI=1S/C18H30N6O4SSi/c1-29(26,27)24-8-5-14(12-24)20-18(25)22-16-11-19-17-15(21-16)6-7-23(17)13-28-9-10-30(2,3)4/h6-7,11,14H,5,8-10,12-13H2,1-4H3,(H2,20,21,22,25)/t14-/m1/s1. The number of carbonyl (C=O) groups is 1. The third kappa shape index (κ3) is 6.24. The quantitative estimate of drug-likeness (QED) is 0.464. The van der Waals surface area contributed by atoms with E-state index in [9.17, 15) is 13.2 Å². The fourth-order valence-corrected chi connectivity index (χ4v) is 4.80. The molecule has 0 aromatic carbocycles. The monoisotopic (exact) mass is 454 g/mol. The summed E-state index contributed by atoms with van der Waals surface area (Å²) >= 11 is 0. The number of fused-ring (bicyclic) bond motifs is 1. The molecule has 1 aliphatic rings. The molecule has 12 heteroatoms. The first-order valence-corrected chi connectivity index (χ1v) is 15.5. The maximum atomic E-state index is 12.2. The van der Waals surface area contributed by atoms with Crippen molar-refractivity contribution in [3.63, 3.8) is 0 Å². The topological polar surface area (TPSA) is 118 Å². The van der Waals surface area contributed by atoms with Crippen molar-refractivity contribution in [3.8, 4) is 0 Å². The highest BCUT2D eigenvalue weighted by Crippen LogP contribution is 2.16. The van der Waals surface area contributed by atoms with Gasteiger partial charge in [-0.05, 0) is 18.5 Å². The van der Waals surface area contributed by atoms with Gasteiger partial charge in [0.15, 0.2) is 11.5 Å². The van der Waals surface area contributed by atoms with E-state index in [1.54, 1.807) is 0 Å². The Morgan fingerprint density at radius 1 is 1.37 bits per heavy atom. The van der Waals surface area contributed by atoms with Crippen molar-refractivity contribution in [2.24, 2.45) is 0 Å². The van der Waals surface area contributed by atoms with Gasteiger partial charge >= 0.3 is 6.03 Å². The van der Waals surface area contributed by atoms with E-state index in [2.05, 4.69) is 40.2 Å². The van der Waals surface area contributed by atoms with Crippen LogP contribution in [0.15, 0.2) is 18.5 Å². The van der Waals surface area contributed by atoms with Crippen LogP contribution in [0, 0.1) is 0 Å². The Balaban J connectivity index is 1.53. The predicted octanol–water partition coefficient (Wildman–Crippen LogP) is 1.90. The fraction of sp³-hybridized carbons (Fsp3) is 0.611. The lowest BCUT2D eigenvalue weighted by molar-refractivity contribution is 0.0899. The summed E-state index contributed by atoms with van der Waals surface area (Å²) in [7, 11) is -4.36. The van der Waals surface area contributed by atoms with Crippen molar-refractivity contribution in [2.75, 3.05) is 31.3 Å². The zero-order valence-electron chi connectivity index (χ0n) is 17.9. The Hall–Kier alpha value is -2.02. The van der Waals surface area contributed by atoms with Crippen molar-refractivity contribution < 1.29 is 17.9 Å². The van der Waals surface area contributed by atoms with Gasteiger partial charge in [-0.3, -0.25) is 5.32 Å². The van der Waals surface area contributed by atoms with Gasteiger partial charge < -0.3 is 14.6 Å². The molecule has 3 rings (SSSR count). The summed E-state index contributed by atoms with van der Waals surface area (Å²) < 4.78 is 32.2. The van der Waals surface area contributed by atoms with Gasteiger partial charge in [0.2, 0.25) is 10.0 Å². The molecule has 30 heavy (non-hydrogen) atoms. The molecule has 1 saturated heterocycles. The number of urea groups is 1. The Bertz CT molecular complexity index is 1000. The summed E-state index contributed by atoms with van der Waals surface area (Å²) in [6.45, 7) is 8.75. The van der Waals surface area contributed by atoms with Gasteiger partial charge in [-0.25, -0.2) is 27.5 Å². The molecule has 1 fully saturated rings. The number of nitrogens with zero attached hydrogens (tertiary/aromatic N) is 4. The molecule has 2 N–H and O–H groups in total.